The number of aryl methyl sites for hydroxylation is 4. The van der Waals surface area contributed by atoms with E-state index in [-0.39, 0.29) is 36.0 Å². The highest BCUT2D eigenvalue weighted by Gasteiger charge is 2.22. The summed E-state index contributed by atoms with van der Waals surface area (Å²) in [7, 11) is 1.69. The fourth-order valence-electron chi connectivity index (χ4n) is 5.38. The van der Waals surface area contributed by atoms with E-state index in [0.29, 0.717) is 52.1 Å². The Morgan fingerprint density at radius 1 is 0.636 bits per heavy atom. The average Bonchev–Trinajstić information content (AvgIpc) is 2.94. The van der Waals surface area contributed by atoms with E-state index in [2.05, 4.69) is 79.7 Å². The van der Waals surface area contributed by atoms with Crippen molar-refractivity contribution in [2.45, 2.75) is 105 Å². The molecule has 0 aliphatic carbocycles. The molecule has 0 saturated heterocycles. The average molecular weight is 613 g/mol. The molecule has 0 atom stereocenters. The van der Waals surface area contributed by atoms with Crippen LogP contribution in [0.15, 0.2) is 24.3 Å². The van der Waals surface area contributed by atoms with Crippen LogP contribution in [0.4, 0.5) is 0 Å². The maximum absolute atomic E-state index is 12.2. The van der Waals surface area contributed by atoms with Gasteiger partial charge in [0.25, 0.3) is 0 Å². The van der Waals surface area contributed by atoms with Gasteiger partial charge in [-0.15, -0.1) is 0 Å². The maximum atomic E-state index is 12.2. The Bertz CT molecular complexity index is 1120. The molecule has 0 saturated carbocycles. The van der Waals surface area contributed by atoms with Gasteiger partial charge in [-0.25, -0.2) is 0 Å². The zero-order chi connectivity index (χ0) is 32.9. The number of hydrogen-bond donors (Lipinski definition) is 0. The van der Waals surface area contributed by atoms with Crippen molar-refractivity contribution in [2.24, 2.45) is 0 Å². The monoisotopic (exact) mass is 612 g/mol. The second kappa shape index (κ2) is 17.6. The summed E-state index contributed by atoms with van der Waals surface area (Å²) in [5, 5.41) is 0. The van der Waals surface area contributed by atoms with Gasteiger partial charge in [-0.3, -0.25) is 9.59 Å². The molecule has 0 spiro atoms. The number of rotatable bonds is 17. The molecular weight excluding hydrogens is 556 g/mol. The number of hydrogen-bond acceptors (Lipinski definition) is 7. The third-order valence-electron chi connectivity index (χ3n) is 7.63. The second-order valence-electron chi connectivity index (χ2n) is 13.5. The van der Waals surface area contributed by atoms with Crippen molar-refractivity contribution >= 4 is 11.9 Å². The van der Waals surface area contributed by atoms with E-state index in [1.54, 1.807) is 7.11 Å². The fraction of sp³-hybridized carbons (Fsp3) is 0.622. The van der Waals surface area contributed by atoms with Crippen LogP contribution in [-0.4, -0.2) is 58.7 Å². The van der Waals surface area contributed by atoms with Crippen molar-refractivity contribution in [1.29, 1.82) is 0 Å². The molecule has 0 radical (unpaired) electrons. The molecule has 44 heavy (non-hydrogen) atoms. The van der Waals surface area contributed by atoms with E-state index in [9.17, 15) is 9.59 Å². The number of esters is 2. The largest absolute Gasteiger partial charge is 0.496 e. The Morgan fingerprint density at radius 3 is 1.50 bits per heavy atom. The maximum Gasteiger partial charge on any atom is 0.306 e. The molecule has 246 valence electrons. The third-order valence-corrected chi connectivity index (χ3v) is 7.63. The molecule has 0 aliphatic rings. The summed E-state index contributed by atoms with van der Waals surface area (Å²) in [4.78, 5) is 24.5. The topological polar surface area (TPSA) is 80.3 Å². The van der Waals surface area contributed by atoms with Gasteiger partial charge in [0, 0.05) is 18.4 Å². The highest BCUT2D eigenvalue weighted by molar-refractivity contribution is 5.70. The molecule has 0 fully saturated rings. The molecule has 0 aromatic heterocycles. The van der Waals surface area contributed by atoms with Crippen LogP contribution in [0.5, 0.6) is 5.75 Å². The Labute approximate surface area is 266 Å². The van der Waals surface area contributed by atoms with E-state index >= 15 is 0 Å². The number of benzene rings is 2. The van der Waals surface area contributed by atoms with E-state index in [1.807, 2.05) is 6.92 Å². The molecule has 0 heterocycles. The molecule has 2 rings (SSSR count). The minimum Gasteiger partial charge on any atom is -0.496 e. The van der Waals surface area contributed by atoms with Crippen molar-refractivity contribution in [2.75, 3.05) is 46.8 Å². The van der Waals surface area contributed by atoms with Gasteiger partial charge >= 0.3 is 11.9 Å². The van der Waals surface area contributed by atoms with Gasteiger partial charge in [0.05, 0.1) is 33.5 Å². The summed E-state index contributed by atoms with van der Waals surface area (Å²) in [6, 6.07) is 8.63. The standard InChI is InChI=1S/C37H56O7/c1-11-30-26(2)22-28(24-31(30)36(4,5)6)12-14-33(38)43-20-18-41-16-17-42-19-21-44-34(39)15-13-29-23-27(3)35(40-10)32(25-29)37(7,8)9/h22-25H,11-21H2,1-10H3. The number of carbonyl (C=O) groups is 2. The molecule has 0 aliphatic heterocycles. The molecule has 0 bridgehead atoms. The van der Waals surface area contributed by atoms with Crippen LogP contribution in [0, 0.1) is 13.8 Å². The van der Waals surface area contributed by atoms with Gasteiger partial charge in [0.2, 0.25) is 0 Å². The van der Waals surface area contributed by atoms with Crippen LogP contribution in [0.3, 0.4) is 0 Å². The quantitative estimate of drug-likeness (QED) is 0.139. The van der Waals surface area contributed by atoms with Crippen molar-refractivity contribution < 1.29 is 33.3 Å². The molecule has 2 aromatic rings. The minimum absolute atomic E-state index is 0.0595. The Balaban J connectivity index is 1.56. The SMILES string of the molecule is CCc1c(C)cc(CCC(=O)OCCOCCOCCOC(=O)CCc2cc(C)c(OC)c(C(C)(C)C)c2)cc1C(C)(C)C. The summed E-state index contributed by atoms with van der Waals surface area (Å²) in [5.41, 5.74) is 8.50. The van der Waals surface area contributed by atoms with Crippen LogP contribution >= 0.6 is 0 Å². The minimum atomic E-state index is -0.250. The third kappa shape index (κ3) is 12.2. The number of ether oxygens (including phenoxy) is 5. The molecule has 0 amide bonds. The van der Waals surface area contributed by atoms with Gasteiger partial charge in [0.1, 0.15) is 19.0 Å². The zero-order valence-corrected chi connectivity index (χ0v) is 28.9. The Kier molecular flexibility index (Phi) is 14.9. The summed E-state index contributed by atoms with van der Waals surface area (Å²) in [5.74, 6) is 0.429. The van der Waals surface area contributed by atoms with E-state index in [4.69, 9.17) is 23.7 Å². The summed E-state index contributed by atoms with van der Waals surface area (Å²) in [6.07, 6.45) is 2.92. The van der Waals surface area contributed by atoms with Crippen molar-refractivity contribution in [3.05, 3.63) is 63.2 Å². The zero-order valence-electron chi connectivity index (χ0n) is 28.9. The normalized spacial score (nSPS) is 11.9. The first-order valence-electron chi connectivity index (χ1n) is 15.9. The predicted molar refractivity (Wildman–Crippen MR) is 176 cm³/mol. The van der Waals surface area contributed by atoms with Gasteiger partial charge in [-0.1, -0.05) is 72.7 Å². The van der Waals surface area contributed by atoms with Crippen LogP contribution in [0.25, 0.3) is 0 Å². The first kappa shape index (κ1) is 37.3. The van der Waals surface area contributed by atoms with Crippen molar-refractivity contribution in [1.82, 2.24) is 0 Å². The Morgan fingerprint density at radius 2 is 1.07 bits per heavy atom. The van der Waals surface area contributed by atoms with Crippen molar-refractivity contribution in [3.8, 4) is 5.75 Å². The molecule has 7 nitrogen and oxygen atoms in total. The van der Waals surface area contributed by atoms with Gasteiger partial charge in [-0.2, -0.15) is 0 Å². The summed E-state index contributed by atoms with van der Waals surface area (Å²) < 4.78 is 27.3. The van der Waals surface area contributed by atoms with E-state index in [0.717, 1.165) is 28.9 Å². The highest BCUT2D eigenvalue weighted by atomic mass is 16.6. The molecule has 2 aromatic carbocycles. The Hall–Kier alpha value is -2.90. The smallest absolute Gasteiger partial charge is 0.306 e. The van der Waals surface area contributed by atoms with E-state index < -0.39 is 0 Å². The van der Waals surface area contributed by atoms with Gasteiger partial charge < -0.3 is 23.7 Å². The fourth-order valence-corrected chi connectivity index (χ4v) is 5.38. The molecule has 0 N–H and O–H groups in total. The summed E-state index contributed by atoms with van der Waals surface area (Å²) in [6.45, 7) is 21.3. The van der Waals surface area contributed by atoms with Gasteiger partial charge in [-0.05, 0) is 77.3 Å². The lowest BCUT2D eigenvalue weighted by atomic mass is 9.80. The van der Waals surface area contributed by atoms with Crippen LogP contribution < -0.4 is 4.74 Å². The number of methoxy groups -OCH3 is 1. The summed E-state index contributed by atoms with van der Waals surface area (Å²) >= 11 is 0. The lowest BCUT2D eigenvalue weighted by Gasteiger charge is -2.25. The van der Waals surface area contributed by atoms with Crippen LogP contribution in [0.2, 0.25) is 0 Å². The predicted octanol–water partition coefficient (Wildman–Crippen LogP) is 7.15. The molecular formula is C37H56O7. The van der Waals surface area contributed by atoms with Crippen molar-refractivity contribution in [3.63, 3.8) is 0 Å². The van der Waals surface area contributed by atoms with Gasteiger partial charge in [0.15, 0.2) is 0 Å². The highest BCUT2D eigenvalue weighted by Crippen LogP contribution is 2.35. The number of carbonyl (C=O) groups excluding carboxylic acids is 2. The molecule has 0 unspecified atom stereocenters. The van der Waals surface area contributed by atoms with Crippen LogP contribution in [0.1, 0.15) is 100 Å². The lowest BCUT2D eigenvalue weighted by molar-refractivity contribution is -0.146. The second-order valence-corrected chi connectivity index (χ2v) is 13.5. The van der Waals surface area contributed by atoms with Crippen LogP contribution in [-0.2, 0) is 58.6 Å². The molecule has 7 heteroatoms. The first-order valence-corrected chi connectivity index (χ1v) is 15.9. The first-order chi connectivity index (χ1) is 20.7. The lowest BCUT2D eigenvalue weighted by Crippen LogP contribution is -2.17. The van der Waals surface area contributed by atoms with E-state index in [1.165, 1.54) is 22.3 Å².